The standard InChI is InChI=1S/C24H30N4OS2/c1-3-27-12-14-28(15-13-27)16-21-25-23(30-18-10-8-17(29-2)9-11-18)22-19-6-4-5-7-20(19)31-24(22)26-21/h8-11H,3-7,12-16H2,1-2H3. The van der Waals surface area contributed by atoms with E-state index in [1.165, 1.54) is 44.8 Å². The van der Waals surface area contributed by atoms with E-state index < -0.39 is 0 Å². The summed E-state index contributed by atoms with van der Waals surface area (Å²) in [5.74, 6) is 1.85. The number of rotatable bonds is 6. The summed E-state index contributed by atoms with van der Waals surface area (Å²) in [6.45, 7) is 8.69. The van der Waals surface area contributed by atoms with Crippen molar-refractivity contribution in [2.75, 3.05) is 39.8 Å². The monoisotopic (exact) mass is 454 g/mol. The molecule has 0 amide bonds. The highest BCUT2D eigenvalue weighted by molar-refractivity contribution is 7.99. The van der Waals surface area contributed by atoms with Crippen molar-refractivity contribution in [3.05, 3.63) is 40.5 Å². The summed E-state index contributed by atoms with van der Waals surface area (Å²) < 4.78 is 5.33. The van der Waals surface area contributed by atoms with Gasteiger partial charge >= 0.3 is 0 Å². The van der Waals surface area contributed by atoms with Crippen molar-refractivity contribution in [3.8, 4) is 5.75 Å². The van der Waals surface area contributed by atoms with E-state index >= 15 is 0 Å². The third-order valence-corrected chi connectivity index (χ3v) is 8.56. The van der Waals surface area contributed by atoms with E-state index in [0.29, 0.717) is 0 Å². The van der Waals surface area contributed by atoms with Crippen molar-refractivity contribution < 1.29 is 4.74 Å². The Kier molecular flexibility index (Phi) is 6.46. The number of piperazine rings is 1. The average molecular weight is 455 g/mol. The quantitative estimate of drug-likeness (QED) is 0.495. The molecule has 0 radical (unpaired) electrons. The van der Waals surface area contributed by atoms with Crippen LogP contribution in [-0.4, -0.2) is 59.6 Å². The number of methoxy groups -OCH3 is 1. The minimum absolute atomic E-state index is 0.840. The van der Waals surface area contributed by atoms with Crippen LogP contribution < -0.4 is 4.74 Å². The first kappa shape index (κ1) is 21.2. The lowest BCUT2D eigenvalue weighted by Crippen LogP contribution is -2.45. The zero-order valence-corrected chi connectivity index (χ0v) is 20.0. The van der Waals surface area contributed by atoms with Crippen molar-refractivity contribution in [1.82, 2.24) is 19.8 Å². The van der Waals surface area contributed by atoms with Crippen molar-refractivity contribution in [3.63, 3.8) is 0 Å². The van der Waals surface area contributed by atoms with Gasteiger partial charge in [-0.15, -0.1) is 11.3 Å². The summed E-state index contributed by atoms with van der Waals surface area (Å²) in [4.78, 5) is 19.1. The Hall–Kier alpha value is -1.67. The van der Waals surface area contributed by atoms with Gasteiger partial charge in [0.05, 0.1) is 13.7 Å². The summed E-state index contributed by atoms with van der Waals surface area (Å²) in [6, 6.07) is 8.30. The Morgan fingerprint density at radius 2 is 1.74 bits per heavy atom. The molecular weight excluding hydrogens is 424 g/mol. The Labute approximate surface area is 192 Å². The molecule has 2 aliphatic rings. The Balaban J connectivity index is 1.47. The van der Waals surface area contributed by atoms with Gasteiger partial charge in [-0.2, -0.15) is 0 Å². The van der Waals surface area contributed by atoms with Gasteiger partial charge in [-0.3, -0.25) is 4.90 Å². The Bertz CT molecular complexity index is 1040. The van der Waals surface area contributed by atoms with Crippen molar-refractivity contribution in [2.24, 2.45) is 0 Å². The van der Waals surface area contributed by atoms with Crippen LogP contribution in [0, 0.1) is 0 Å². The summed E-state index contributed by atoms with van der Waals surface area (Å²) >= 11 is 3.67. The van der Waals surface area contributed by atoms with Crippen LogP contribution in [0.5, 0.6) is 5.75 Å². The van der Waals surface area contributed by atoms with E-state index in [9.17, 15) is 0 Å². The Morgan fingerprint density at radius 1 is 1.00 bits per heavy atom. The number of hydrogen-bond donors (Lipinski definition) is 0. The molecule has 0 saturated carbocycles. The van der Waals surface area contributed by atoms with Crippen LogP contribution in [0.3, 0.4) is 0 Å². The SMILES string of the molecule is CCN1CCN(Cc2nc(Sc3ccc(OC)cc3)c3c4c(sc3n2)CCCC4)CC1. The van der Waals surface area contributed by atoms with Gasteiger partial charge in [0.1, 0.15) is 21.4 Å². The zero-order valence-electron chi connectivity index (χ0n) is 18.4. The average Bonchev–Trinajstić information content (AvgIpc) is 3.19. The van der Waals surface area contributed by atoms with Gasteiger partial charge in [0, 0.05) is 41.3 Å². The highest BCUT2D eigenvalue weighted by Gasteiger charge is 2.23. The van der Waals surface area contributed by atoms with Gasteiger partial charge in [-0.05, 0) is 62.1 Å². The van der Waals surface area contributed by atoms with E-state index in [0.717, 1.165) is 62.3 Å². The highest BCUT2D eigenvalue weighted by atomic mass is 32.2. The third kappa shape index (κ3) is 4.60. The number of likely N-dealkylation sites (N-methyl/N-ethyl adjacent to an activating group) is 1. The molecule has 2 aromatic heterocycles. The maximum atomic E-state index is 5.33. The van der Waals surface area contributed by atoms with Gasteiger partial charge in [-0.25, -0.2) is 9.97 Å². The van der Waals surface area contributed by atoms with Crippen LogP contribution in [0.15, 0.2) is 34.2 Å². The fourth-order valence-electron chi connectivity index (χ4n) is 4.53. The maximum absolute atomic E-state index is 5.33. The first-order valence-corrected chi connectivity index (χ1v) is 12.9. The first-order valence-electron chi connectivity index (χ1n) is 11.3. The number of aromatic nitrogens is 2. The second-order valence-electron chi connectivity index (χ2n) is 8.32. The second-order valence-corrected chi connectivity index (χ2v) is 10.5. The molecule has 164 valence electrons. The molecular formula is C24H30N4OS2. The van der Waals surface area contributed by atoms with Gasteiger partial charge < -0.3 is 9.64 Å². The number of aryl methyl sites for hydroxylation is 2. The normalized spacial score (nSPS) is 17.7. The van der Waals surface area contributed by atoms with Gasteiger partial charge in [0.2, 0.25) is 0 Å². The molecule has 0 bridgehead atoms. The largest absolute Gasteiger partial charge is 0.497 e. The molecule has 0 unspecified atom stereocenters. The molecule has 1 fully saturated rings. The topological polar surface area (TPSA) is 41.5 Å². The van der Waals surface area contributed by atoms with Gasteiger partial charge in [0.25, 0.3) is 0 Å². The number of hydrogen-bond acceptors (Lipinski definition) is 7. The van der Waals surface area contributed by atoms with E-state index in [4.69, 9.17) is 14.7 Å². The van der Waals surface area contributed by atoms with Crippen LogP contribution in [0.1, 0.15) is 36.0 Å². The minimum Gasteiger partial charge on any atom is -0.497 e. The van der Waals surface area contributed by atoms with Crippen LogP contribution >= 0.6 is 23.1 Å². The molecule has 0 spiro atoms. The van der Waals surface area contributed by atoms with E-state index in [2.05, 4.69) is 28.9 Å². The number of ether oxygens (including phenoxy) is 1. The minimum atomic E-state index is 0.840. The maximum Gasteiger partial charge on any atom is 0.145 e. The molecule has 1 aliphatic carbocycles. The molecule has 3 heterocycles. The molecule has 1 aromatic carbocycles. The molecule has 31 heavy (non-hydrogen) atoms. The lowest BCUT2D eigenvalue weighted by Gasteiger charge is -2.33. The molecule has 0 atom stereocenters. The van der Waals surface area contributed by atoms with Crippen LogP contribution in [0.25, 0.3) is 10.2 Å². The predicted molar refractivity (Wildman–Crippen MR) is 129 cm³/mol. The van der Waals surface area contributed by atoms with Crippen molar-refractivity contribution in [2.45, 2.75) is 49.1 Å². The van der Waals surface area contributed by atoms with E-state index in [1.54, 1.807) is 18.9 Å². The lowest BCUT2D eigenvalue weighted by molar-refractivity contribution is 0.129. The fourth-order valence-corrected chi connectivity index (χ4v) is 6.84. The molecule has 0 N–H and O–H groups in total. The number of benzene rings is 1. The molecule has 1 aliphatic heterocycles. The number of thiophene rings is 1. The molecule has 3 aromatic rings. The summed E-state index contributed by atoms with van der Waals surface area (Å²) in [5.41, 5.74) is 1.50. The summed E-state index contributed by atoms with van der Waals surface area (Å²) in [6.07, 6.45) is 4.92. The van der Waals surface area contributed by atoms with E-state index in [1.807, 2.05) is 23.5 Å². The molecule has 7 heteroatoms. The number of fused-ring (bicyclic) bond motifs is 3. The van der Waals surface area contributed by atoms with Crippen LogP contribution in [-0.2, 0) is 19.4 Å². The van der Waals surface area contributed by atoms with Crippen LogP contribution in [0.4, 0.5) is 0 Å². The smallest absolute Gasteiger partial charge is 0.145 e. The third-order valence-electron chi connectivity index (χ3n) is 6.38. The summed E-state index contributed by atoms with van der Waals surface area (Å²) in [7, 11) is 1.71. The summed E-state index contributed by atoms with van der Waals surface area (Å²) in [5, 5.41) is 2.43. The zero-order chi connectivity index (χ0) is 21.2. The van der Waals surface area contributed by atoms with E-state index in [-0.39, 0.29) is 0 Å². The predicted octanol–water partition coefficient (Wildman–Crippen LogP) is 4.87. The second kappa shape index (κ2) is 9.45. The van der Waals surface area contributed by atoms with Gasteiger partial charge in [0.15, 0.2) is 0 Å². The van der Waals surface area contributed by atoms with Crippen LogP contribution in [0.2, 0.25) is 0 Å². The highest BCUT2D eigenvalue weighted by Crippen LogP contribution is 2.41. The number of nitrogens with zero attached hydrogens (tertiary/aromatic N) is 4. The molecule has 5 rings (SSSR count). The van der Waals surface area contributed by atoms with Gasteiger partial charge in [-0.1, -0.05) is 18.7 Å². The molecule has 1 saturated heterocycles. The van der Waals surface area contributed by atoms with Crippen molar-refractivity contribution >= 4 is 33.3 Å². The molecule has 5 nitrogen and oxygen atoms in total. The first-order chi connectivity index (χ1) is 15.2. The van der Waals surface area contributed by atoms with Crippen molar-refractivity contribution in [1.29, 1.82) is 0 Å². The fraction of sp³-hybridized carbons (Fsp3) is 0.500. The lowest BCUT2D eigenvalue weighted by atomic mass is 9.97. The Morgan fingerprint density at radius 3 is 2.48 bits per heavy atom.